The third-order valence-electron chi connectivity index (χ3n) is 4.46. The summed E-state index contributed by atoms with van der Waals surface area (Å²) >= 11 is 0. The molecule has 1 atom stereocenters. The third-order valence-corrected chi connectivity index (χ3v) is 6.08. The average molecular weight is 313 g/mol. The molecule has 0 amide bonds. The van der Waals surface area contributed by atoms with Crippen molar-refractivity contribution in [2.45, 2.75) is 66.0 Å². The van der Waals surface area contributed by atoms with E-state index in [0.717, 1.165) is 49.2 Å². The summed E-state index contributed by atoms with van der Waals surface area (Å²) in [5.74, 6) is 0.590. The Morgan fingerprint density at radius 2 is 1.95 bits per heavy atom. The number of aryl methyl sites for hydroxylation is 2. The third kappa shape index (κ3) is 3.86. The first-order valence-corrected chi connectivity index (χ1v) is 9.53. The summed E-state index contributed by atoms with van der Waals surface area (Å²) < 4.78 is 29.4. The molecule has 0 aromatic carbocycles. The highest BCUT2D eigenvalue weighted by molar-refractivity contribution is 7.89. The number of aromatic nitrogens is 2. The summed E-state index contributed by atoms with van der Waals surface area (Å²) in [6, 6.07) is -0.225. The number of nitrogens with one attached hydrogen (secondary N) is 1. The van der Waals surface area contributed by atoms with Gasteiger partial charge in [0, 0.05) is 23.8 Å². The summed E-state index contributed by atoms with van der Waals surface area (Å²) in [5, 5.41) is 4.46. The van der Waals surface area contributed by atoms with E-state index in [1.807, 2.05) is 32.4 Å². The zero-order chi connectivity index (χ0) is 15.6. The first-order valence-electron chi connectivity index (χ1n) is 7.88. The van der Waals surface area contributed by atoms with Crippen LogP contribution in [0.25, 0.3) is 0 Å². The van der Waals surface area contributed by atoms with Gasteiger partial charge in [-0.05, 0) is 46.5 Å². The molecule has 0 spiro atoms. The van der Waals surface area contributed by atoms with Crippen molar-refractivity contribution >= 4 is 10.0 Å². The molecule has 1 fully saturated rings. The Bertz CT molecular complexity index is 586. The smallest absolute Gasteiger partial charge is 0.212 e. The molecule has 120 valence electrons. The van der Waals surface area contributed by atoms with Crippen LogP contribution < -0.4 is 4.72 Å². The number of rotatable bonds is 6. The standard InChI is InChI=1S/C15H27N3O2S/c1-5-18-13(4)15(11(2)16-18)12(3)17-21(19,20)10-14-8-6-7-9-14/h12,14,17H,5-10H2,1-4H3. The Kier molecular flexibility index (Phi) is 5.09. The quantitative estimate of drug-likeness (QED) is 0.878. The summed E-state index contributed by atoms with van der Waals surface area (Å²) in [6.07, 6.45) is 4.41. The molecule has 1 aromatic heterocycles. The van der Waals surface area contributed by atoms with Gasteiger partial charge in [-0.3, -0.25) is 4.68 Å². The molecule has 2 rings (SSSR count). The Balaban J connectivity index is 2.09. The molecule has 0 radical (unpaired) electrons. The highest BCUT2D eigenvalue weighted by Crippen LogP contribution is 2.27. The van der Waals surface area contributed by atoms with Crippen LogP contribution in [0.4, 0.5) is 0 Å². The van der Waals surface area contributed by atoms with Gasteiger partial charge in [-0.1, -0.05) is 12.8 Å². The number of hydrogen-bond acceptors (Lipinski definition) is 3. The van der Waals surface area contributed by atoms with Crippen LogP contribution in [0.1, 0.15) is 62.5 Å². The van der Waals surface area contributed by atoms with E-state index in [-0.39, 0.29) is 11.8 Å². The predicted octanol–water partition coefficient (Wildman–Crippen LogP) is 2.69. The van der Waals surface area contributed by atoms with E-state index < -0.39 is 10.0 Å². The van der Waals surface area contributed by atoms with Gasteiger partial charge in [-0.25, -0.2) is 13.1 Å². The molecule has 1 aromatic rings. The summed E-state index contributed by atoms with van der Waals surface area (Å²) in [5.41, 5.74) is 2.96. The second kappa shape index (κ2) is 6.48. The van der Waals surface area contributed by atoms with Crippen molar-refractivity contribution in [2.24, 2.45) is 5.92 Å². The highest BCUT2D eigenvalue weighted by atomic mass is 32.2. The highest BCUT2D eigenvalue weighted by Gasteiger charge is 2.26. The normalized spacial score (nSPS) is 18.3. The van der Waals surface area contributed by atoms with Gasteiger partial charge in [0.1, 0.15) is 0 Å². The molecular formula is C15H27N3O2S. The summed E-state index contributed by atoms with van der Waals surface area (Å²) in [6.45, 7) is 8.69. The van der Waals surface area contributed by atoms with Gasteiger partial charge in [0.25, 0.3) is 0 Å². The lowest BCUT2D eigenvalue weighted by Gasteiger charge is -2.17. The van der Waals surface area contributed by atoms with E-state index in [4.69, 9.17) is 0 Å². The lowest BCUT2D eigenvalue weighted by Crippen LogP contribution is -2.32. The SMILES string of the molecule is CCn1nc(C)c(C(C)NS(=O)(=O)CC2CCCC2)c1C. The molecule has 0 saturated heterocycles. The number of hydrogen-bond donors (Lipinski definition) is 1. The summed E-state index contributed by atoms with van der Waals surface area (Å²) in [7, 11) is -3.23. The van der Waals surface area contributed by atoms with Crippen molar-refractivity contribution in [3.63, 3.8) is 0 Å². The lowest BCUT2D eigenvalue weighted by atomic mass is 10.1. The Labute approximate surface area is 128 Å². The van der Waals surface area contributed by atoms with Gasteiger partial charge in [-0.2, -0.15) is 5.10 Å². The van der Waals surface area contributed by atoms with Crippen LogP contribution >= 0.6 is 0 Å². The van der Waals surface area contributed by atoms with Crippen LogP contribution in [-0.4, -0.2) is 24.0 Å². The zero-order valence-electron chi connectivity index (χ0n) is 13.5. The van der Waals surface area contributed by atoms with E-state index in [9.17, 15) is 8.42 Å². The fourth-order valence-corrected chi connectivity index (χ4v) is 5.22. The first-order chi connectivity index (χ1) is 9.84. The topological polar surface area (TPSA) is 64.0 Å². The second-order valence-electron chi connectivity index (χ2n) is 6.17. The van der Waals surface area contributed by atoms with E-state index in [2.05, 4.69) is 9.82 Å². The fourth-order valence-electron chi connectivity index (χ4n) is 3.51. The van der Waals surface area contributed by atoms with E-state index in [0.29, 0.717) is 5.92 Å². The van der Waals surface area contributed by atoms with Crippen molar-refractivity contribution in [1.29, 1.82) is 0 Å². The van der Waals surface area contributed by atoms with Crippen molar-refractivity contribution in [3.05, 3.63) is 17.0 Å². The van der Waals surface area contributed by atoms with Crippen LogP contribution in [-0.2, 0) is 16.6 Å². The summed E-state index contributed by atoms with van der Waals surface area (Å²) in [4.78, 5) is 0. The first kappa shape index (κ1) is 16.5. The van der Waals surface area contributed by atoms with Crippen LogP contribution in [0, 0.1) is 19.8 Å². The largest absolute Gasteiger partial charge is 0.270 e. The predicted molar refractivity (Wildman–Crippen MR) is 84.7 cm³/mol. The van der Waals surface area contributed by atoms with Crippen molar-refractivity contribution in [3.8, 4) is 0 Å². The average Bonchev–Trinajstić information content (AvgIpc) is 2.96. The number of sulfonamides is 1. The monoisotopic (exact) mass is 313 g/mol. The van der Waals surface area contributed by atoms with Gasteiger partial charge in [-0.15, -0.1) is 0 Å². The zero-order valence-corrected chi connectivity index (χ0v) is 14.3. The molecule has 1 aliphatic rings. The molecule has 1 saturated carbocycles. The van der Waals surface area contributed by atoms with Crippen LogP contribution in [0.2, 0.25) is 0 Å². The fraction of sp³-hybridized carbons (Fsp3) is 0.800. The molecule has 1 heterocycles. The number of nitrogens with zero attached hydrogens (tertiary/aromatic N) is 2. The molecule has 0 bridgehead atoms. The van der Waals surface area contributed by atoms with Gasteiger partial charge in [0.05, 0.1) is 11.4 Å². The minimum atomic E-state index is -3.23. The maximum Gasteiger partial charge on any atom is 0.212 e. The van der Waals surface area contributed by atoms with E-state index in [1.165, 1.54) is 0 Å². The van der Waals surface area contributed by atoms with Gasteiger partial charge < -0.3 is 0 Å². The molecule has 21 heavy (non-hydrogen) atoms. The molecule has 1 aliphatic carbocycles. The van der Waals surface area contributed by atoms with Gasteiger partial charge in [0.15, 0.2) is 0 Å². The van der Waals surface area contributed by atoms with E-state index in [1.54, 1.807) is 0 Å². The van der Waals surface area contributed by atoms with Crippen molar-refractivity contribution < 1.29 is 8.42 Å². The molecule has 6 heteroatoms. The maximum absolute atomic E-state index is 12.3. The van der Waals surface area contributed by atoms with Crippen LogP contribution in [0.5, 0.6) is 0 Å². The molecular weight excluding hydrogens is 286 g/mol. The van der Waals surface area contributed by atoms with Crippen molar-refractivity contribution in [1.82, 2.24) is 14.5 Å². The van der Waals surface area contributed by atoms with Gasteiger partial charge in [0.2, 0.25) is 10.0 Å². The lowest BCUT2D eigenvalue weighted by molar-refractivity contribution is 0.536. The van der Waals surface area contributed by atoms with Gasteiger partial charge >= 0.3 is 0 Å². The van der Waals surface area contributed by atoms with Crippen LogP contribution in [0.15, 0.2) is 0 Å². The van der Waals surface area contributed by atoms with E-state index >= 15 is 0 Å². The minimum absolute atomic E-state index is 0.225. The Morgan fingerprint density at radius 3 is 2.48 bits per heavy atom. The van der Waals surface area contributed by atoms with Crippen molar-refractivity contribution in [2.75, 3.05) is 5.75 Å². The molecule has 5 nitrogen and oxygen atoms in total. The van der Waals surface area contributed by atoms with Crippen LogP contribution in [0.3, 0.4) is 0 Å². The maximum atomic E-state index is 12.3. The molecule has 1 N–H and O–H groups in total. The second-order valence-corrected chi connectivity index (χ2v) is 7.97. The Hall–Kier alpha value is -0.880. The Morgan fingerprint density at radius 1 is 1.33 bits per heavy atom. The molecule has 0 aliphatic heterocycles. The minimum Gasteiger partial charge on any atom is -0.270 e. The molecule has 1 unspecified atom stereocenters.